The highest BCUT2D eigenvalue weighted by Gasteiger charge is 2.31. The van der Waals surface area contributed by atoms with Crippen molar-refractivity contribution >= 4 is 41.9 Å². The second-order valence-electron chi connectivity index (χ2n) is 8.61. The molecule has 0 aromatic rings. The Balaban J connectivity index is 0.00000480. The fourth-order valence-electron chi connectivity index (χ4n) is 3.52. The average Bonchev–Trinajstić information content (AvgIpc) is 3.23. The molecular weight excluding hydrogens is 513 g/mol. The standard InChI is InChI=1S/C21H39N5O4.HI/c1-6-22-19(23-10-11-24(7-2)20(28)30-21(3,4)5)26-14-12-25(13-15-26)18(27)17-9-8-16-29-17;/h17H,6-16H2,1-5H3,(H,22,23);1H. The lowest BCUT2D eigenvalue weighted by molar-refractivity contribution is -0.142. The van der Waals surface area contributed by atoms with E-state index in [0.717, 1.165) is 38.4 Å². The van der Waals surface area contributed by atoms with Crippen molar-refractivity contribution in [2.24, 2.45) is 4.99 Å². The Bertz CT molecular complexity index is 597. The Morgan fingerprint density at radius 2 is 1.81 bits per heavy atom. The number of ether oxygens (including phenoxy) is 2. The summed E-state index contributed by atoms with van der Waals surface area (Å²) in [5.74, 6) is 0.937. The van der Waals surface area contributed by atoms with E-state index < -0.39 is 5.60 Å². The molecule has 2 amide bonds. The second kappa shape index (κ2) is 13.3. The van der Waals surface area contributed by atoms with Gasteiger partial charge in [0.2, 0.25) is 0 Å². The van der Waals surface area contributed by atoms with Crippen molar-refractivity contribution in [2.75, 3.05) is 59.0 Å². The van der Waals surface area contributed by atoms with Crippen LogP contribution in [-0.4, -0.2) is 103 Å². The minimum Gasteiger partial charge on any atom is -0.444 e. The lowest BCUT2D eigenvalue weighted by Crippen LogP contribution is -2.55. The molecule has 1 N–H and O–H groups in total. The Kier molecular flexibility index (Phi) is 11.9. The van der Waals surface area contributed by atoms with Gasteiger partial charge in [-0.25, -0.2) is 4.79 Å². The van der Waals surface area contributed by atoms with Crippen molar-refractivity contribution in [1.29, 1.82) is 0 Å². The molecule has 9 nitrogen and oxygen atoms in total. The number of carbonyl (C=O) groups is 2. The first-order valence-electron chi connectivity index (χ1n) is 11.2. The van der Waals surface area contributed by atoms with Gasteiger partial charge >= 0.3 is 6.09 Å². The molecule has 2 rings (SSSR count). The molecular formula is C21H40IN5O4. The van der Waals surface area contributed by atoms with Crippen LogP contribution in [0.2, 0.25) is 0 Å². The summed E-state index contributed by atoms with van der Waals surface area (Å²) in [6, 6.07) is 0. The Morgan fingerprint density at radius 3 is 2.32 bits per heavy atom. The zero-order chi connectivity index (χ0) is 22.1. The minimum atomic E-state index is -0.511. The van der Waals surface area contributed by atoms with Crippen LogP contribution in [0.5, 0.6) is 0 Å². The second-order valence-corrected chi connectivity index (χ2v) is 8.61. The number of guanidine groups is 1. The van der Waals surface area contributed by atoms with Gasteiger partial charge in [0.1, 0.15) is 11.7 Å². The molecule has 0 aromatic heterocycles. The summed E-state index contributed by atoms with van der Waals surface area (Å²) in [6.45, 7) is 15.4. The number of amides is 2. The molecule has 180 valence electrons. The van der Waals surface area contributed by atoms with Crippen molar-refractivity contribution in [3.05, 3.63) is 0 Å². The lowest BCUT2D eigenvalue weighted by Gasteiger charge is -2.37. The summed E-state index contributed by atoms with van der Waals surface area (Å²) in [5.41, 5.74) is -0.511. The molecule has 0 saturated carbocycles. The molecule has 1 unspecified atom stereocenters. The highest BCUT2D eigenvalue weighted by Crippen LogP contribution is 2.16. The van der Waals surface area contributed by atoms with Crippen LogP contribution >= 0.6 is 24.0 Å². The molecule has 31 heavy (non-hydrogen) atoms. The van der Waals surface area contributed by atoms with Gasteiger partial charge in [0.15, 0.2) is 5.96 Å². The molecule has 0 spiro atoms. The highest BCUT2D eigenvalue weighted by atomic mass is 127. The number of hydrogen-bond donors (Lipinski definition) is 1. The molecule has 2 aliphatic heterocycles. The topological polar surface area (TPSA) is 86.7 Å². The van der Waals surface area contributed by atoms with E-state index in [1.807, 2.05) is 39.5 Å². The first-order chi connectivity index (χ1) is 14.2. The molecule has 0 aliphatic carbocycles. The van der Waals surface area contributed by atoms with Gasteiger partial charge in [-0.3, -0.25) is 9.79 Å². The third-order valence-corrected chi connectivity index (χ3v) is 5.10. The zero-order valence-corrected chi connectivity index (χ0v) is 22.0. The van der Waals surface area contributed by atoms with Crippen molar-refractivity contribution in [2.45, 2.75) is 59.2 Å². The summed E-state index contributed by atoms with van der Waals surface area (Å²) in [4.78, 5) is 35.3. The summed E-state index contributed by atoms with van der Waals surface area (Å²) >= 11 is 0. The van der Waals surface area contributed by atoms with E-state index in [1.165, 1.54) is 0 Å². The van der Waals surface area contributed by atoms with Gasteiger partial charge in [-0.1, -0.05) is 0 Å². The lowest BCUT2D eigenvalue weighted by atomic mass is 10.2. The van der Waals surface area contributed by atoms with E-state index >= 15 is 0 Å². The number of piperazine rings is 1. The quantitative estimate of drug-likeness (QED) is 0.308. The Hall–Kier alpha value is -1.30. The number of nitrogens with one attached hydrogen (secondary N) is 1. The maximum absolute atomic E-state index is 12.5. The summed E-state index contributed by atoms with van der Waals surface area (Å²) < 4.78 is 11.0. The summed E-state index contributed by atoms with van der Waals surface area (Å²) in [6.07, 6.45) is 1.22. The highest BCUT2D eigenvalue weighted by molar-refractivity contribution is 14.0. The number of rotatable bonds is 6. The van der Waals surface area contributed by atoms with E-state index in [1.54, 1.807) is 4.90 Å². The molecule has 2 heterocycles. The van der Waals surface area contributed by atoms with Crippen molar-refractivity contribution in [1.82, 2.24) is 20.0 Å². The molecule has 2 aliphatic rings. The number of nitrogens with zero attached hydrogens (tertiary/aromatic N) is 4. The number of carbonyl (C=O) groups excluding carboxylic acids is 2. The average molecular weight is 553 g/mol. The minimum absolute atomic E-state index is 0. The molecule has 2 fully saturated rings. The van der Waals surface area contributed by atoms with Crippen LogP contribution in [0, 0.1) is 0 Å². The van der Waals surface area contributed by atoms with Crippen molar-refractivity contribution in [3.63, 3.8) is 0 Å². The molecule has 10 heteroatoms. The fourth-order valence-corrected chi connectivity index (χ4v) is 3.52. The predicted octanol–water partition coefficient (Wildman–Crippen LogP) is 2.15. The van der Waals surface area contributed by atoms with Crippen LogP contribution in [0.3, 0.4) is 0 Å². The van der Waals surface area contributed by atoms with Crippen LogP contribution in [0.4, 0.5) is 4.79 Å². The SMILES string of the molecule is CCNC(=NCCN(CC)C(=O)OC(C)(C)C)N1CCN(C(=O)C2CCCO2)CC1.I. The van der Waals surface area contributed by atoms with E-state index in [4.69, 9.17) is 14.5 Å². The number of hydrogen-bond acceptors (Lipinski definition) is 5. The van der Waals surface area contributed by atoms with Crippen LogP contribution in [-0.2, 0) is 14.3 Å². The third kappa shape index (κ3) is 8.99. The Labute approximate surface area is 203 Å². The third-order valence-electron chi connectivity index (χ3n) is 5.10. The van der Waals surface area contributed by atoms with Crippen LogP contribution < -0.4 is 5.32 Å². The van der Waals surface area contributed by atoms with E-state index in [-0.39, 0.29) is 42.1 Å². The number of halogens is 1. The largest absolute Gasteiger partial charge is 0.444 e. The van der Waals surface area contributed by atoms with Gasteiger partial charge in [0.25, 0.3) is 5.91 Å². The smallest absolute Gasteiger partial charge is 0.410 e. The van der Waals surface area contributed by atoms with Gasteiger partial charge in [0.05, 0.1) is 6.54 Å². The summed E-state index contributed by atoms with van der Waals surface area (Å²) in [7, 11) is 0. The first kappa shape index (κ1) is 27.7. The monoisotopic (exact) mass is 553 g/mol. The molecule has 0 radical (unpaired) electrons. The van der Waals surface area contributed by atoms with Crippen LogP contribution in [0.25, 0.3) is 0 Å². The Morgan fingerprint density at radius 1 is 1.16 bits per heavy atom. The first-order valence-corrected chi connectivity index (χ1v) is 11.2. The van der Waals surface area contributed by atoms with E-state index in [2.05, 4.69) is 10.2 Å². The maximum atomic E-state index is 12.5. The molecule has 2 saturated heterocycles. The fraction of sp³-hybridized carbons (Fsp3) is 0.857. The van der Waals surface area contributed by atoms with Gasteiger partial charge < -0.3 is 29.5 Å². The van der Waals surface area contributed by atoms with Crippen molar-refractivity contribution < 1.29 is 19.1 Å². The van der Waals surface area contributed by atoms with Gasteiger partial charge in [0, 0.05) is 52.4 Å². The van der Waals surface area contributed by atoms with E-state index in [0.29, 0.717) is 39.3 Å². The summed E-state index contributed by atoms with van der Waals surface area (Å²) in [5, 5.41) is 3.32. The van der Waals surface area contributed by atoms with Crippen LogP contribution in [0.1, 0.15) is 47.5 Å². The van der Waals surface area contributed by atoms with Gasteiger partial charge in [-0.2, -0.15) is 0 Å². The van der Waals surface area contributed by atoms with Crippen LogP contribution in [0.15, 0.2) is 4.99 Å². The number of aliphatic imine (C=N–C) groups is 1. The van der Waals surface area contributed by atoms with Gasteiger partial charge in [-0.05, 0) is 47.5 Å². The predicted molar refractivity (Wildman–Crippen MR) is 132 cm³/mol. The van der Waals surface area contributed by atoms with Gasteiger partial charge in [-0.15, -0.1) is 24.0 Å². The van der Waals surface area contributed by atoms with E-state index in [9.17, 15) is 9.59 Å². The van der Waals surface area contributed by atoms with Crippen molar-refractivity contribution in [3.8, 4) is 0 Å². The number of likely N-dealkylation sites (N-methyl/N-ethyl adjacent to an activating group) is 1. The molecule has 0 aromatic carbocycles. The molecule has 1 atom stereocenters. The normalized spacial score (nSPS) is 19.6. The molecule has 0 bridgehead atoms. The zero-order valence-electron chi connectivity index (χ0n) is 19.7. The maximum Gasteiger partial charge on any atom is 0.410 e.